The van der Waals surface area contributed by atoms with Crippen molar-refractivity contribution in [3.8, 4) is 6.07 Å². The number of rotatable bonds is 0. The van der Waals surface area contributed by atoms with Crippen molar-refractivity contribution in [1.29, 1.82) is 5.26 Å². The maximum atomic E-state index is 9.69. The van der Waals surface area contributed by atoms with E-state index < -0.39 is 0 Å². The van der Waals surface area contributed by atoms with Crippen LogP contribution in [0.25, 0.3) is 29.1 Å². The van der Waals surface area contributed by atoms with Gasteiger partial charge in [0.2, 0.25) is 5.69 Å². The van der Waals surface area contributed by atoms with E-state index in [0.29, 0.717) is 11.3 Å². The molecule has 0 aliphatic heterocycles. The van der Waals surface area contributed by atoms with E-state index >= 15 is 0 Å². The molecule has 2 heteroatoms. The lowest BCUT2D eigenvalue weighted by molar-refractivity contribution is 0.527. The summed E-state index contributed by atoms with van der Waals surface area (Å²) in [5, 5.41) is 11.5. The molecule has 0 spiro atoms. The van der Waals surface area contributed by atoms with Crippen molar-refractivity contribution >= 4 is 30.0 Å². The van der Waals surface area contributed by atoms with E-state index in [4.69, 9.17) is 6.57 Å². The number of allylic oxidation sites excluding steroid dienone is 2. The third-order valence-corrected chi connectivity index (χ3v) is 4.79. The van der Waals surface area contributed by atoms with Gasteiger partial charge < -0.3 is 0 Å². The van der Waals surface area contributed by atoms with Gasteiger partial charge in [-0.2, -0.15) is 5.26 Å². The predicted octanol–water partition coefficient (Wildman–Crippen LogP) is 4.56. The molecule has 0 radical (unpaired) electrons. The van der Waals surface area contributed by atoms with Crippen molar-refractivity contribution in [2.45, 2.75) is 41.5 Å². The summed E-state index contributed by atoms with van der Waals surface area (Å²) < 4.78 is 0. The lowest BCUT2D eigenvalue weighted by Gasteiger charge is -2.18. The zero-order chi connectivity index (χ0) is 17.9. The van der Waals surface area contributed by atoms with E-state index in [-0.39, 0.29) is 10.8 Å². The van der Waals surface area contributed by atoms with Crippen LogP contribution in [0.4, 0.5) is 5.69 Å². The Morgan fingerprint density at radius 1 is 0.833 bits per heavy atom. The first-order valence-corrected chi connectivity index (χ1v) is 8.23. The highest BCUT2D eigenvalue weighted by Crippen LogP contribution is 2.36. The van der Waals surface area contributed by atoms with Crippen molar-refractivity contribution in [2.24, 2.45) is 10.8 Å². The van der Waals surface area contributed by atoms with Crippen LogP contribution in [0.2, 0.25) is 0 Å². The molecule has 120 valence electrons. The zero-order valence-electron chi connectivity index (χ0n) is 15.2. The Labute approximate surface area is 143 Å². The highest BCUT2D eigenvalue weighted by molar-refractivity contribution is 5.90. The minimum atomic E-state index is 0.00971. The molecule has 24 heavy (non-hydrogen) atoms. The number of benzene rings is 1. The first-order chi connectivity index (χ1) is 11.1. The fourth-order valence-electron chi connectivity index (χ4n) is 3.22. The van der Waals surface area contributed by atoms with E-state index in [0.717, 1.165) is 21.6 Å². The summed E-state index contributed by atoms with van der Waals surface area (Å²) >= 11 is 0. The summed E-state index contributed by atoms with van der Waals surface area (Å²) in [5.74, 6) is 0. The molecule has 3 rings (SSSR count). The first-order valence-electron chi connectivity index (χ1n) is 8.23. The van der Waals surface area contributed by atoms with Crippen LogP contribution in [0.15, 0.2) is 11.1 Å². The van der Waals surface area contributed by atoms with Crippen molar-refractivity contribution in [2.75, 3.05) is 0 Å². The molecule has 0 fully saturated rings. The maximum Gasteiger partial charge on any atom is 0.212 e. The van der Waals surface area contributed by atoms with Crippen LogP contribution in [-0.2, 0) is 0 Å². The smallest absolute Gasteiger partial charge is 0.212 e. The van der Waals surface area contributed by atoms with E-state index in [1.807, 2.05) is 0 Å². The quantitative estimate of drug-likeness (QED) is 0.645. The maximum absolute atomic E-state index is 9.69. The molecule has 1 aromatic rings. The number of fused-ring (bicyclic) bond motifs is 3. The highest BCUT2D eigenvalue weighted by Gasteiger charge is 2.27. The molecule has 0 N–H and O–H groups in total. The zero-order valence-corrected chi connectivity index (χ0v) is 15.2. The van der Waals surface area contributed by atoms with Crippen LogP contribution in [-0.4, -0.2) is 0 Å². The highest BCUT2D eigenvalue weighted by atomic mass is 14.7. The number of nitrogens with zero attached hydrogens (tertiary/aromatic N) is 2. The Bertz CT molecular complexity index is 934. The Morgan fingerprint density at radius 3 is 1.71 bits per heavy atom. The average Bonchev–Trinajstić information content (AvgIpc) is 3.07. The van der Waals surface area contributed by atoms with Crippen LogP contribution in [0.5, 0.6) is 0 Å². The largest absolute Gasteiger partial charge is 0.236 e. The van der Waals surface area contributed by atoms with Gasteiger partial charge in [-0.05, 0) is 43.5 Å². The lowest BCUT2D eigenvalue weighted by Crippen LogP contribution is -2.19. The van der Waals surface area contributed by atoms with E-state index in [9.17, 15) is 5.26 Å². The number of hydrogen-bond donors (Lipinski definition) is 0. The van der Waals surface area contributed by atoms with Crippen molar-refractivity contribution in [3.63, 3.8) is 0 Å². The monoisotopic (exact) mass is 314 g/mol. The Morgan fingerprint density at radius 2 is 1.29 bits per heavy atom. The van der Waals surface area contributed by atoms with Crippen molar-refractivity contribution in [3.05, 3.63) is 49.7 Å². The molecule has 0 bridgehead atoms. The van der Waals surface area contributed by atoms with Gasteiger partial charge in [-0.15, -0.1) is 0 Å². The van der Waals surface area contributed by atoms with E-state index in [1.54, 1.807) is 0 Å². The minimum absolute atomic E-state index is 0.00971. The molecule has 2 aliphatic rings. The van der Waals surface area contributed by atoms with Gasteiger partial charge in [-0.25, -0.2) is 4.85 Å². The molecule has 0 heterocycles. The minimum Gasteiger partial charge on any atom is -0.236 e. The van der Waals surface area contributed by atoms with Crippen molar-refractivity contribution in [1.82, 2.24) is 0 Å². The topological polar surface area (TPSA) is 28.1 Å². The summed E-state index contributed by atoms with van der Waals surface area (Å²) in [4.78, 5) is 3.71. The molecule has 1 aromatic carbocycles. The Balaban J connectivity index is 2.44. The predicted molar refractivity (Wildman–Crippen MR) is 100 cm³/mol. The molecule has 0 aromatic heterocycles. The second-order valence-corrected chi connectivity index (χ2v) is 8.59. The third kappa shape index (κ3) is 2.31. The summed E-state index contributed by atoms with van der Waals surface area (Å²) in [7, 11) is 0. The lowest BCUT2D eigenvalue weighted by atomic mass is 9.86. The molecular weight excluding hydrogens is 292 g/mol. The van der Waals surface area contributed by atoms with Crippen LogP contribution < -0.4 is 10.4 Å². The van der Waals surface area contributed by atoms with Gasteiger partial charge in [0, 0.05) is 0 Å². The van der Waals surface area contributed by atoms with Gasteiger partial charge in [0.05, 0.1) is 18.2 Å². The van der Waals surface area contributed by atoms with Gasteiger partial charge >= 0.3 is 0 Å². The van der Waals surface area contributed by atoms with Gasteiger partial charge in [0.15, 0.2) is 0 Å². The normalized spacial score (nSPS) is 15.3. The summed E-state index contributed by atoms with van der Waals surface area (Å²) in [6.07, 6.45) is 8.57. The molecule has 0 saturated heterocycles. The molecule has 2 nitrogen and oxygen atoms in total. The fourth-order valence-corrected chi connectivity index (χ4v) is 3.22. The third-order valence-electron chi connectivity index (χ3n) is 4.79. The summed E-state index contributed by atoms with van der Waals surface area (Å²) in [6, 6.07) is 2.28. The number of hydrogen-bond acceptors (Lipinski definition) is 1. The fraction of sp³-hybridized carbons (Fsp3) is 0.364. The molecule has 0 amide bonds. The van der Waals surface area contributed by atoms with E-state index in [1.165, 1.54) is 11.1 Å². The SMILES string of the molecule is [C-]#[N+]c1c(C#N)c2c(c3c1=CC(C(C)(C)C)=C3)C=C(C(C)(C)C)C=2. The van der Waals surface area contributed by atoms with Crippen molar-refractivity contribution < 1.29 is 0 Å². The van der Waals surface area contributed by atoms with Crippen LogP contribution in [0.1, 0.15) is 58.2 Å². The second kappa shape index (κ2) is 4.96. The second-order valence-electron chi connectivity index (χ2n) is 8.59. The summed E-state index contributed by atoms with van der Waals surface area (Å²) in [6.45, 7) is 20.7. The molecule has 0 unspecified atom stereocenters. The van der Waals surface area contributed by atoms with Gasteiger partial charge in [0.25, 0.3) is 0 Å². The summed E-state index contributed by atoms with van der Waals surface area (Å²) in [5.41, 5.74) is 5.61. The van der Waals surface area contributed by atoms with Crippen LogP contribution >= 0.6 is 0 Å². The number of nitriles is 1. The molecular formula is C22H22N2. The van der Waals surface area contributed by atoms with E-state index in [2.05, 4.69) is 76.8 Å². The average molecular weight is 314 g/mol. The first kappa shape index (κ1) is 16.3. The van der Waals surface area contributed by atoms with Gasteiger partial charge in [-0.3, -0.25) is 0 Å². The standard InChI is InChI=1S/C22H22N2/c1-21(2,3)13-8-15-16-9-14(22(4,5)6)11-18(16)20(24-7)19(12-23)17(15)10-13/h8-11H,1-6H3. The Kier molecular flexibility index (Phi) is 3.36. The van der Waals surface area contributed by atoms with Gasteiger partial charge in [-0.1, -0.05) is 65.8 Å². The Hall–Kier alpha value is -2.58. The molecule has 2 aliphatic carbocycles. The molecule has 0 atom stereocenters. The van der Waals surface area contributed by atoms with Crippen LogP contribution in [0.3, 0.4) is 0 Å². The molecule has 0 saturated carbocycles. The van der Waals surface area contributed by atoms with Crippen LogP contribution in [0, 0.1) is 28.7 Å². The van der Waals surface area contributed by atoms with Gasteiger partial charge in [0.1, 0.15) is 0 Å².